The van der Waals surface area contributed by atoms with Gasteiger partial charge in [0, 0.05) is 11.0 Å². The zero-order chi connectivity index (χ0) is 14.6. The number of methoxy groups -OCH3 is 1. The second kappa shape index (κ2) is 8.33. The predicted molar refractivity (Wildman–Crippen MR) is 88.7 cm³/mol. The molecule has 1 heterocycles. The van der Waals surface area contributed by atoms with Crippen molar-refractivity contribution in [3.63, 3.8) is 0 Å². The maximum atomic E-state index is 12.3. The fraction of sp³-hybridized carbons (Fsp3) is 0.538. The minimum atomic E-state index is -3.54. The lowest BCUT2D eigenvalue weighted by Crippen LogP contribution is -2.27. The Labute approximate surface area is 140 Å². The molecular weight excluding hydrogens is 380 g/mol. The van der Waals surface area contributed by atoms with E-state index in [1.165, 1.54) is 7.11 Å². The van der Waals surface area contributed by atoms with E-state index >= 15 is 0 Å². The lowest BCUT2D eigenvalue weighted by atomic mass is 10.1. The van der Waals surface area contributed by atoms with E-state index < -0.39 is 10.0 Å². The van der Waals surface area contributed by atoms with Crippen LogP contribution in [0.1, 0.15) is 12.8 Å². The summed E-state index contributed by atoms with van der Waals surface area (Å²) in [6.07, 6.45) is 1.96. The molecule has 5 nitrogen and oxygen atoms in total. The van der Waals surface area contributed by atoms with Gasteiger partial charge in [0.15, 0.2) is 0 Å². The molecule has 120 valence electrons. The third-order valence-corrected chi connectivity index (χ3v) is 5.40. The SMILES string of the molecule is COc1ccc(Br)cc1S(=O)(=O)NCCC1CCNC1.Cl. The van der Waals surface area contributed by atoms with Crippen LogP contribution in [0.4, 0.5) is 0 Å². The van der Waals surface area contributed by atoms with Crippen LogP contribution in [0, 0.1) is 5.92 Å². The van der Waals surface area contributed by atoms with E-state index in [2.05, 4.69) is 26.0 Å². The molecule has 0 saturated carbocycles. The van der Waals surface area contributed by atoms with Crippen LogP contribution in [0.5, 0.6) is 5.75 Å². The van der Waals surface area contributed by atoms with Crippen LogP contribution >= 0.6 is 28.3 Å². The summed E-state index contributed by atoms with van der Waals surface area (Å²) in [6, 6.07) is 4.94. The molecule has 1 fully saturated rings. The summed E-state index contributed by atoms with van der Waals surface area (Å²) in [7, 11) is -2.08. The van der Waals surface area contributed by atoms with Crippen molar-refractivity contribution in [3.8, 4) is 5.75 Å². The number of sulfonamides is 1. The Hall–Kier alpha value is -0.340. The van der Waals surface area contributed by atoms with Crippen LogP contribution in [0.25, 0.3) is 0 Å². The molecular formula is C13H20BrClN2O3S. The highest BCUT2D eigenvalue weighted by Gasteiger charge is 2.21. The average molecular weight is 400 g/mol. The van der Waals surface area contributed by atoms with Crippen molar-refractivity contribution in [2.75, 3.05) is 26.7 Å². The average Bonchev–Trinajstić information content (AvgIpc) is 2.91. The number of hydrogen-bond donors (Lipinski definition) is 2. The molecule has 0 radical (unpaired) electrons. The topological polar surface area (TPSA) is 67.4 Å². The summed E-state index contributed by atoms with van der Waals surface area (Å²) in [5.74, 6) is 0.908. The van der Waals surface area contributed by atoms with Gasteiger partial charge in [-0.15, -0.1) is 12.4 Å². The monoisotopic (exact) mass is 398 g/mol. The van der Waals surface area contributed by atoms with E-state index in [4.69, 9.17) is 4.74 Å². The summed E-state index contributed by atoms with van der Waals surface area (Å²) in [4.78, 5) is 0.166. The Bertz CT molecular complexity index is 563. The van der Waals surface area contributed by atoms with Gasteiger partial charge in [-0.3, -0.25) is 0 Å². The second-order valence-corrected chi connectivity index (χ2v) is 7.49. The molecule has 2 N–H and O–H groups in total. The first-order chi connectivity index (χ1) is 9.53. The molecule has 0 aromatic heterocycles. The number of benzene rings is 1. The van der Waals surface area contributed by atoms with E-state index in [9.17, 15) is 8.42 Å². The smallest absolute Gasteiger partial charge is 0.244 e. The Morgan fingerprint density at radius 1 is 1.48 bits per heavy atom. The highest BCUT2D eigenvalue weighted by molar-refractivity contribution is 9.10. The fourth-order valence-electron chi connectivity index (χ4n) is 2.30. The van der Waals surface area contributed by atoms with Crippen LogP contribution in [-0.2, 0) is 10.0 Å². The summed E-state index contributed by atoms with van der Waals surface area (Å²) >= 11 is 3.28. The van der Waals surface area contributed by atoms with Crippen molar-refractivity contribution >= 4 is 38.4 Å². The summed E-state index contributed by atoms with van der Waals surface area (Å²) in [5, 5.41) is 3.27. The number of nitrogens with one attached hydrogen (secondary N) is 2. The quantitative estimate of drug-likeness (QED) is 0.769. The first-order valence-electron chi connectivity index (χ1n) is 6.57. The van der Waals surface area contributed by atoms with Crippen molar-refractivity contribution in [1.82, 2.24) is 10.0 Å². The molecule has 21 heavy (non-hydrogen) atoms. The van der Waals surface area contributed by atoms with E-state index in [0.717, 1.165) is 25.9 Å². The van der Waals surface area contributed by atoms with Gasteiger partial charge in [0.1, 0.15) is 10.6 Å². The van der Waals surface area contributed by atoms with Gasteiger partial charge in [-0.05, 0) is 50.0 Å². The molecule has 1 aliphatic rings. The second-order valence-electron chi connectivity index (χ2n) is 4.84. The van der Waals surface area contributed by atoms with E-state index in [0.29, 0.717) is 22.7 Å². The van der Waals surface area contributed by atoms with Crippen LogP contribution < -0.4 is 14.8 Å². The van der Waals surface area contributed by atoms with Crippen molar-refractivity contribution in [1.29, 1.82) is 0 Å². The molecule has 2 rings (SSSR count). The maximum Gasteiger partial charge on any atom is 0.244 e. The third-order valence-electron chi connectivity index (χ3n) is 3.42. The van der Waals surface area contributed by atoms with Gasteiger partial charge in [-0.25, -0.2) is 13.1 Å². The number of hydrogen-bond acceptors (Lipinski definition) is 4. The standard InChI is InChI=1S/C13H19BrN2O3S.ClH/c1-19-12-3-2-11(14)8-13(12)20(17,18)16-7-5-10-4-6-15-9-10;/h2-3,8,10,15-16H,4-7,9H2,1H3;1H. The molecule has 1 aromatic carbocycles. The molecule has 0 spiro atoms. The molecule has 1 unspecified atom stereocenters. The zero-order valence-electron chi connectivity index (χ0n) is 11.8. The van der Waals surface area contributed by atoms with Gasteiger partial charge in [0.25, 0.3) is 0 Å². The van der Waals surface area contributed by atoms with E-state index in [1.807, 2.05) is 0 Å². The molecule has 0 aliphatic carbocycles. The summed E-state index contributed by atoms with van der Waals surface area (Å²) in [5.41, 5.74) is 0. The first-order valence-corrected chi connectivity index (χ1v) is 8.84. The van der Waals surface area contributed by atoms with Gasteiger partial charge in [0.2, 0.25) is 10.0 Å². The zero-order valence-corrected chi connectivity index (χ0v) is 15.0. The molecule has 1 aromatic rings. The van der Waals surface area contributed by atoms with E-state index in [-0.39, 0.29) is 17.3 Å². The normalized spacial score (nSPS) is 18.3. The van der Waals surface area contributed by atoms with Gasteiger partial charge in [-0.1, -0.05) is 15.9 Å². The molecule has 0 bridgehead atoms. The number of rotatable bonds is 6. The van der Waals surface area contributed by atoms with Crippen molar-refractivity contribution in [2.24, 2.45) is 5.92 Å². The van der Waals surface area contributed by atoms with Gasteiger partial charge < -0.3 is 10.1 Å². The molecule has 8 heteroatoms. The van der Waals surface area contributed by atoms with Crippen molar-refractivity contribution in [2.45, 2.75) is 17.7 Å². The van der Waals surface area contributed by atoms with Crippen molar-refractivity contribution < 1.29 is 13.2 Å². The molecule has 1 atom stereocenters. The van der Waals surface area contributed by atoms with Crippen LogP contribution in [0.2, 0.25) is 0 Å². The highest BCUT2D eigenvalue weighted by atomic mass is 79.9. The summed E-state index contributed by atoms with van der Waals surface area (Å²) in [6.45, 7) is 2.45. The van der Waals surface area contributed by atoms with Gasteiger partial charge in [0.05, 0.1) is 7.11 Å². The molecule has 0 amide bonds. The Balaban J connectivity index is 0.00000220. The van der Waals surface area contributed by atoms with Crippen LogP contribution in [0.3, 0.4) is 0 Å². The van der Waals surface area contributed by atoms with Crippen molar-refractivity contribution in [3.05, 3.63) is 22.7 Å². The Morgan fingerprint density at radius 2 is 2.24 bits per heavy atom. The fourth-order valence-corrected chi connectivity index (χ4v) is 4.05. The van der Waals surface area contributed by atoms with E-state index in [1.54, 1.807) is 18.2 Å². The highest BCUT2D eigenvalue weighted by Crippen LogP contribution is 2.27. The van der Waals surface area contributed by atoms with Crippen LogP contribution in [-0.4, -0.2) is 35.2 Å². The largest absolute Gasteiger partial charge is 0.495 e. The molecule has 1 saturated heterocycles. The molecule has 1 aliphatic heterocycles. The first kappa shape index (κ1) is 18.7. The number of halogens is 2. The maximum absolute atomic E-state index is 12.3. The number of ether oxygens (including phenoxy) is 1. The van der Waals surface area contributed by atoms with Crippen LogP contribution in [0.15, 0.2) is 27.6 Å². The lowest BCUT2D eigenvalue weighted by Gasteiger charge is -2.12. The van der Waals surface area contributed by atoms with Gasteiger partial charge >= 0.3 is 0 Å². The lowest BCUT2D eigenvalue weighted by molar-refractivity contribution is 0.402. The Morgan fingerprint density at radius 3 is 2.86 bits per heavy atom. The minimum Gasteiger partial charge on any atom is -0.495 e. The Kier molecular flexibility index (Phi) is 7.42. The summed E-state index contributed by atoms with van der Waals surface area (Å²) < 4.78 is 33.1. The van der Waals surface area contributed by atoms with Gasteiger partial charge in [-0.2, -0.15) is 0 Å². The predicted octanol–water partition coefficient (Wildman–Crippen LogP) is 2.16. The minimum absolute atomic E-state index is 0. The third kappa shape index (κ3) is 5.10.